The van der Waals surface area contributed by atoms with Crippen molar-refractivity contribution in [2.75, 3.05) is 6.61 Å². The summed E-state index contributed by atoms with van der Waals surface area (Å²) in [5, 5.41) is 9.36. The zero-order valence-electron chi connectivity index (χ0n) is 6.55. The van der Waals surface area contributed by atoms with Crippen LogP contribution in [-0.4, -0.2) is 23.9 Å². The minimum absolute atomic E-state index is 0.124. The third kappa shape index (κ3) is 1.96. The van der Waals surface area contributed by atoms with E-state index in [9.17, 15) is 5.11 Å². The number of hydrogen-bond donors (Lipinski definition) is 1. The predicted octanol–water partition coefficient (Wildman–Crippen LogP) is 1.33. The van der Waals surface area contributed by atoms with Crippen LogP contribution < -0.4 is 0 Å². The van der Waals surface area contributed by atoms with Gasteiger partial charge in [-0.3, -0.25) is 0 Å². The van der Waals surface area contributed by atoms with Gasteiger partial charge in [0.2, 0.25) is 0 Å². The summed E-state index contributed by atoms with van der Waals surface area (Å²) >= 11 is 0. The van der Waals surface area contributed by atoms with Crippen molar-refractivity contribution in [3.05, 3.63) is 0 Å². The Bertz CT molecular complexity index is 87.3. The molecular weight excluding hydrogens is 128 g/mol. The van der Waals surface area contributed by atoms with Crippen LogP contribution >= 0.6 is 0 Å². The minimum atomic E-state index is -0.236. The van der Waals surface area contributed by atoms with Crippen molar-refractivity contribution < 1.29 is 9.84 Å². The quantitative estimate of drug-likeness (QED) is 0.633. The molecule has 0 aromatic carbocycles. The van der Waals surface area contributed by atoms with Crippen LogP contribution in [0.25, 0.3) is 0 Å². The summed E-state index contributed by atoms with van der Waals surface area (Å²) < 4.78 is 5.38. The summed E-state index contributed by atoms with van der Waals surface area (Å²) in [6.45, 7) is 2.82. The Balaban J connectivity index is 2.24. The largest absolute Gasteiger partial charge is 0.390 e. The highest BCUT2D eigenvalue weighted by molar-refractivity contribution is 4.70. The molecule has 0 bridgehead atoms. The van der Waals surface area contributed by atoms with Crippen LogP contribution in [0.1, 0.15) is 32.6 Å². The van der Waals surface area contributed by atoms with Gasteiger partial charge in [0.05, 0.1) is 12.2 Å². The topological polar surface area (TPSA) is 29.5 Å². The van der Waals surface area contributed by atoms with Crippen molar-refractivity contribution >= 4 is 0 Å². The van der Waals surface area contributed by atoms with E-state index < -0.39 is 0 Å². The van der Waals surface area contributed by atoms with Gasteiger partial charge in [0.1, 0.15) is 0 Å². The summed E-state index contributed by atoms with van der Waals surface area (Å²) in [6.07, 6.45) is 4.10. The first kappa shape index (κ1) is 8.02. The average Bonchev–Trinajstić information content (AvgIpc) is 2.05. The molecule has 0 unspecified atom stereocenters. The first-order chi connectivity index (χ1) is 4.84. The van der Waals surface area contributed by atoms with Crippen LogP contribution in [0.2, 0.25) is 0 Å². The fraction of sp³-hybridized carbons (Fsp3) is 1.00. The Morgan fingerprint density at radius 1 is 1.60 bits per heavy atom. The molecule has 1 N–H and O–H groups in total. The third-order valence-corrected chi connectivity index (χ3v) is 2.06. The molecule has 1 heterocycles. The van der Waals surface area contributed by atoms with Crippen molar-refractivity contribution in [2.24, 2.45) is 0 Å². The molecule has 1 rings (SSSR count). The molecule has 0 radical (unpaired) electrons. The molecule has 0 aliphatic carbocycles. The van der Waals surface area contributed by atoms with Gasteiger partial charge in [0, 0.05) is 6.61 Å². The van der Waals surface area contributed by atoms with Gasteiger partial charge in [-0.2, -0.15) is 0 Å². The Morgan fingerprint density at radius 2 is 2.40 bits per heavy atom. The maximum atomic E-state index is 9.36. The first-order valence-corrected chi connectivity index (χ1v) is 4.14. The van der Waals surface area contributed by atoms with Crippen molar-refractivity contribution in [2.45, 2.75) is 44.8 Å². The second-order valence-electron chi connectivity index (χ2n) is 2.88. The number of ether oxygens (including phenoxy) is 1. The van der Waals surface area contributed by atoms with Gasteiger partial charge < -0.3 is 9.84 Å². The van der Waals surface area contributed by atoms with E-state index in [1.807, 2.05) is 6.92 Å². The van der Waals surface area contributed by atoms with Gasteiger partial charge in [0.15, 0.2) is 0 Å². The molecule has 0 aromatic heterocycles. The molecule has 2 heteroatoms. The highest BCUT2D eigenvalue weighted by Gasteiger charge is 2.20. The van der Waals surface area contributed by atoms with Gasteiger partial charge in [-0.25, -0.2) is 0 Å². The lowest BCUT2D eigenvalue weighted by molar-refractivity contribution is -0.0625. The van der Waals surface area contributed by atoms with Gasteiger partial charge in [-0.15, -0.1) is 0 Å². The fourth-order valence-corrected chi connectivity index (χ4v) is 1.33. The zero-order chi connectivity index (χ0) is 7.40. The van der Waals surface area contributed by atoms with E-state index in [0.29, 0.717) is 0 Å². The second kappa shape index (κ2) is 3.94. The molecule has 0 aromatic rings. The summed E-state index contributed by atoms with van der Waals surface area (Å²) in [5.74, 6) is 0. The summed E-state index contributed by atoms with van der Waals surface area (Å²) in [6, 6.07) is 0. The van der Waals surface area contributed by atoms with Crippen LogP contribution in [-0.2, 0) is 4.74 Å². The Hall–Kier alpha value is -0.0800. The number of aliphatic hydroxyl groups is 1. The molecule has 10 heavy (non-hydrogen) atoms. The van der Waals surface area contributed by atoms with Gasteiger partial charge in [0.25, 0.3) is 0 Å². The third-order valence-electron chi connectivity index (χ3n) is 2.06. The Kier molecular flexibility index (Phi) is 3.16. The van der Waals surface area contributed by atoms with Crippen molar-refractivity contribution in [3.8, 4) is 0 Å². The highest BCUT2D eigenvalue weighted by Crippen LogP contribution is 2.16. The number of rotatable bonds is 2. The summed E-state index contributed by atoms with van der Waals surface area (Å²) in [4.78, 5) is 0. The van der Waals surface area contributed by atoms with E-state index in [0.717, 1.165) is 25.9 Å². The maximum Gasteiger partial charge on any atom is 0.0833 e. The highest BCUT2D eigenvalue weighted by atomic mass is 16.5. The van der Waals surface area contributed by atoms with Crippen molar-refractivity contribution in [1.82, 2.24) is 0 Å². The normalized spacial score (nSPS) is 30.0. The van der Waals surface area contributed by atoms with Crippen molar-refractivity contribution in [3.63, 3.8) is 0 Å². The molecule has 1 aliphatic heterocycles. The van der Waals surface area contributed by atoms with Gasteiger partial charge >= 0.3 is 0 Å². The molecule has 60 valence electrons. The Morgan fingerprint density at radius 3 is 2.90 bits per heavy atom. The van der Waals surface area contributed by atoms with Crippen LogP contribution in [0.3, 0.4) is 0 Å². The zero-order valence-corrected chi connectivity index (χ0v) is 6.55. The van der Waals surface area contributed by atoms with Crippen molar-refractivity contribution in [1.29, 1.82) is 0 Å². The SMILES string of the molecule is CC[C@H](O)[C@@H]1CCCCO1. The maximum absolute atomic E-state index is 9.36. The lowest BCUT2D eigenvalue weighted by Gasteiger charge is -2.26. The summed E-state index contributed by atoms with van der Waals surface area (Å²) in [5.41, 5.74) is 0. The molecule has 1 aliphatic rings. The monoisotopic (exact) mass is 144 g/mol. The first-order valence-electron chi connectivity index (χ1n) is 4.14. The van der Waals surface area contributed by atoms with E-state index >= 15 is 0 Å². The Labute approximate surface area is 62.2 Å². The summed E-state index contributed by atoms with van der Waals surface area (Å²) in [7, 11) is 0. The molecular formula is C8H16O2. The minimum Gasteiger partial charge on any atom is -0.390 e. The van der Waals surface area contributed by atoms with E-state index in [4.69, 9.17) is 4.74 Å². The van der Waals surface area contributed by atoms with Crippen LogP contribution in [0, 0.1) is 0 Å². The standard InChI is InChI=1S/C8H16O2/c1-2-7(9)8-5-3-4-6-10-8/h7-9H,2-6H2,1H3/t7-,8-/m0/s1. The molecule has 1 fully saturated rings. The molecule has 0 amide bonds. The van der Waals surface area contributed by atoms with E-state index in [1.165, 1.54) is 6.42 Å². The second-order valence-corrected chi connectivity index (χ2v) is 2.88. The van der Waals surface area contributed by atoms with Crippen LogP contribution in [0.15, 0.2) is 0 Å². The molecule has 0 saturated carbocycles. The van der Waals surface area contributed by atoms with Gasteiger partial charge in [-0.05, 0) is 25.7 Å². The number of hydrogen-bond acceptors (Lipinski definition) is 2. The average molecular weight is 144 g/mol. The van der Waals surface area contributed by atoms with Crippen LogP contribution in [0.4, 0.5) is 0 Å². The van der Waals surface area contributed by atoms with E-state index in [1.54, 1.807) is 0 Å². The molecule has 1 saturated heterocycles. The molecule has 2 nitrogen and oxygen atoms in total. The van der Waals surface area contributed by atoms with Gasteiger partial charge in [-0.1, -0.05) is 6.92 Å². The molecule has 2 atom stereocenters. The predicted molar refractivity (Wildman–Crippen MR) is 39.9 cm³/mol. The lowest BCUT2D eigenvalue weighted by Crippen LogP contribution is -2.31. The van der Waals surface area contributed by atoms with Crippen LogP contribution in [0.5, 0.6) is 0 Å². The van der Waals surface area contributed by atoms with E-state index in [2.05, 4.69) is 0 Å². The number of aliphatic hydroxyl groups excluding tert-OH is 1. The van der Waals surface area contributed by atoms with E-state index in [-0.39, 0.29) is 12.2 Å². The lowest BCUT2D eigenvalue weighted by atomic mass is 10.0. The molecule has 0 spiro atoms. The fourth-order valence-electron chi connectivity index (χ4n) is 1.33. The smallest absolute Gasteiger partial charge is 0.0833 e.